The number of para-hydroxylation sites is 1. The van der Waals surface area contributed by atoms with Gasteiger partial charge in [0.15, 0.2) is 0 Å². The molecule has 0 bridgehead atoms. The molecule has 2 heterocycles. The topological polar surface area (TPSA) is 70.7 Å². The number of carbonyl (C=O) groups excluding carboxylic acids is 2. The number of amides is 2. The third kappa shape index (κ3) is 4.74. The second-order valence-electron chi connectivity index (χ2n) is 7.07. The van der Waals surface area contributed by atoms with Gasteiger partial charge in [-0.15, -0.1) is 12.4 Å². The van der Waals surface area contributed by atoms with Crippen LogP contribution in [0, 0.1) is 5.41 Å². The van der Waals surface area contributed by atoms with Gasteiger partial charge in [-0.05, 0) is 50.9 Å². The van der Waals surface area contributed by atoms with E-state index in [1.54, 1.807) is 18.1 Å². The molecule has 2 aliphatic rings. The highest BCUT2D eigenvalue weighted by Crippen LogP contribution is 2.31. The van der Waals surface area contributed by atoms with Gasteiger partial charge in [-0.1, -0.05) is 23.7 Å². The van der Waals surface area contributed by atoms with Gasteiger partial charge in [-0.3, -0.25) is 9.59 Å². The molecule has 0 saturated carbocycles. The first kappa shape index (κ1) is 22.0. The minimum atomic E-state index is -0.563. The van der Waals surface area contributed by atoms with Crippen molar-refractivity contribution in [3.05, 3.63) is 29.3 Å². The van der Waals surface area contributed by atoms with Crippen LogP contribution in [0.25, 0.3) is 0 Å². The van der Waals surface area contributed by atoms with Gasteiger partial charge in [0.2, 0.25) is 11.8 Å². The fraction of sp³-hybridized carbons (Fsp3) is 0.579. The number of rotatable bonds is 5. The Kier molecular flexibility index (Phi) is 7.91. The summed E-state index contributed by atoms with van der Waals surface area (Å²) in [5, 5.41) is 6.82. The lowest BCUT2D eigenvalue weighted by Gasteiger charge is -2.38. The summed E-state index contributed by atoms with van der Waals surface area (Å²) in [5.41, 5.74) is 0.138. The first-order valence-corrected chi connectivity index (χ1v) is 9.52. The lowest BCUT2D eigenvalue weighted by molar-refractivity contribution is -0.139. The van der Waals surface area contributed by atoms with Crippen LogP contribution in [0.3, 0.4) is 0 Å². The van der Waals surface area contributed by atoms with Crippen molar-refractivity contribution in [2.45, 2.75) is 31.7 Å². The van der Waals surface area contributed by atoms with Crippen LogP contribution < -0.4 is 15.5 Å². The zero-order valence-electron chi connectivity index (χ0n) is 15.5. The Bertz CT molecular complexity index is 660. The molecule has 1 atom stereocenters. The number of hydrogen-bond acceptors (Lipinski definition) is 4. The SMILES string of the molecule is COCC1(C(=O)NC2CCCN(c3ccccc3Cl)C2=O)CCNCC1.Cl. The monoisotopic (exact) mass is 415 g/mol. The quantitative estimate of drug-likeness (QED) is 0.774. The lowest BCUT2D eigenvalue weighted by Crippen LogP contribution is -2.58. The molecule has 1 unspecified atom stereocenters. The Morgan fingerprint density at radius 3 is 2.74 bits per heavy atom. The number of hydrogen-bond donors (Lipinski definition) is 2. The molecule has 0 spiro atoms. The molecular weight excluding hydrogens is 389 g/mol. The van der Waals surface area contributed by atoms with Gasteiger partial charge in [0.05, 0.1) is 22.7 Å². The minimum absolute atomic E-state index is 0. The molecule has 1 aromatic rings. The molecule has 2 amide bonds. The Morgan fingerprint density at radius 2 is 2.07 bits per heavy atom. The molecule has 3 rings (SSSR count). The maximum atomic E-state index is 13.0. The van der Waals surface area contributed by atoms with E-state index < -0.39 is 11.5 Å². The summed E-state index contributed by atoms with van der Waals surface area (Å²) in [4.78, 5) is 27.7. The molecule has 1 aromatic carbocycles. The van der Waals surface area contributed by atoms with Crippen LogP contribution in [-0.2, 0) is 14.3 Å². The first-order chi connectivity index (χ1) is 12.6. The number of nitrogens with one attached hydrogen (secondary N) is 2. The average Bonchev–Trinajstić information content (AvgIpc) is 2.65. The van der Waals surface area contributed by atoms with Crippen molar-refractivity contribution in [3.8, 4) is 0 Å². The van der Waals surface area contributed by atoms with E-state index in [0.717, 1.165) is 19.5 Å². The zero-order valence-corrected chi connectivity index (χ0v) is 17.1. The van der Waals surface area contributed by atoms with E-state index in [1.165, 1.54) is 0 Å². The highest BCUT2D eigenvalue weighted by molar-refractivity contribution is 6.33. The number of halogens is 2. The van der Waals surface area contributed by atoms with E-state index in [1.807, 2.05) is 18.2 Å². The molecule has 150 valence electrons. The number of benzene rings is 1. The van der Waals surface area contributed by atoms with Crippen LogP contribution in [0.4, 0.5) is 5.69 Å². The lowest BCUT2D eigenvalue weighted by atomic mass is 9.78. The van der Waals surface area contributed by atoms with E-state index >= 15 is 0 Å². The minimum Gasteiger partial charge on any atom is -0.384 e. The maximum Gasteiger partial charge on any atom is 0.249 e. The summed E-state index contributed by atoms with van der Waals surface area (Å²) in [6, 6.07) is 6.79. The smallest absolute Gasteiger partial charge is 0.249 e. The van der Waals surface area contributed by atoms with Gasteiger partial charge in [0, 0.05) is 13.7 Å². The maximum absolute atomic E-state index is 13.0. The molecule has 8 heteroatoms. The van der Waals surface area contributed by atoms with Gasteiger partial charge < -0.3 is 20.3 Å². The Labute approximate surface area is 171 Å². The average molecular weight is 416 g/mol. The molecule has 2 fully saturated rings. The molecule has 27 heavy (non-hydrogen) atoms. The van der Waals surface area contributed by atoms with Crippen molar-refractivity contribution in [1.82, 2.24) is 10.6 Å². The predicted octanol–water partition coefficient (Wildman–Crippen LogP) is 2.39. The second kappa shape index (κ2) is 9.73. The van der Waals surface area contributed by atoms with E-state index in [2.05, 4.69) is 10.6 Å². The second-order valence-corrected chi connectivity index (χ2v) is 7.48. The first-order valence-electron chi connectivity index (χ1n) is 9.14. The summed E-state index contributed by atoms with van der Waals surface area (Å²) in [7, 11) is 1.61. The predicted molar refractivity (Wildman–Crippen MR) is 109 cm³/mol. The van der Waals surface area contributed by atoms with E-state index in [-0.39, 0.29) is 24.2 Å². The van der Waals surface area contributed by atoms with Crippen LogP contribution in [-0.4, -0.2) is 51.2 Å². The summed E-state index contributed by atoms with van der Waals surface area (Å²) >= 11 is 6.26. The number of methoxy groups -OCH3 is 1. The normalized spacial score (nSPS) is 22.1. The number of nitrogens with zero attached hydrogens (tertiary/aromatic N) is 1. The Balaban J connectivity index is 0.00000261. The molecule has 6 nitrogen and oxygen atoms in total. The third-order valence-electron chi connectivity index (χ3n) is 5.35. The number of ether oxygens (including phenoxy) is 1. The van der Waals surface area contributed by atoms with E-state index in [4.69, 9.17) is 16.3 Å². The van der Waals surface area contributed by atoms with Gasteiger partial charge in [0.25, 0.3) is 0 Å². The number of anilines is 1. The molecule has 2 N–H and O–H groups in total. The molecule has 0 aromatic heterocycles. The number of carbonyl (C=O) groups is 2. The third-order valence-corrected chi connectivity index (χ3v) is 5.67. The van der Waals surface area contributed by atoms with Gasteiger partial charge >= 0.3 is 0 Å². The van der Waals surface area contributed by atoms with Crippen molar-refractivity contribution < 1.29 is 14.3 Å². The van der Waals surface area contributed by atoms with Crippen LogP contribution in [0.15, 0.2) is 24.3 Å². The Hall–Kier alpha value is -1.34. The van der Waals surface area contributed by atoms with Crippen molar-refractivity contribution in [3.63, 3.8) is 0 Å². The van der Waals surface area contributed by atoms with Crippen LogP contribution in [0.2, 0.25) is 5.02 Å². The summed E-state index contributed by atoms with van der Waals surface area (Å²) < 4.78 is 5.33. The van der Waals surface area contributed by atoms with Gasteiger partial charge in [0.1, 0.15) is 6.04 Å². The summed E-state index contributed by atoms with van der Waals surface area (Å²) in [6.45, 7) is 2.54. The van der Waals surface area contributed by atoms with Crippen molar-refractivity contribution >= 4 is 41.5 Å². The molecule has 0 aliphatic carbocycles. The van der Waals surface area contributed by atoms with Crippen LogP contribution >= 0.6 is 24.0 Å². The fourth-order valence-electron chi connectivity index (χ4n) is 3.85. The molecule has 2 aliphatic heterocycles. The van der Waals surface area contributed by atoms with Gasteiger partial charge in [-0.2, -0.15) is 0 Å². The Morgan fingerprint density at radius 1 is 1.37 bits per heavy atom. The van der Waals surface area contributed by atoms with Crippen LogP contribution in [0.5, 0.6) is 0 Å². The summed E-state index contributed by atoms with van der Waals surface area (Å²) in [5.74, 6) is -0.181. The van der Waals surface area contributed by atoms with E-state index in [9.17, 15) is 9.59 Å². The van der Waals surface area contributed by atoms with Crippen molar-refractivity contribution in [2.75, 3.05) is 38.3 Å². The molecular formula is C19H27Cl2N3O3. The molecule has 0 radical (unpaired) electrons. The zero-order chi connectivity index (χ0) is 18.6. The van der Waals surface area contributed by atoms with Crippen LogP contribution in [0.1, 0.15) is 25.7 Å². The standard InChI is InChI=1S/C19H26ClN3O3.ClH/c1-26-13-19(8-10-21-11-9-19)18(25)22-15-6-4-12-23(17(15)24)16-7-3-2-5-14(16)20;/h2-3,5,7,15,21H,4,6,8-13H2,1H3,(H,22,25);1H. The largest absolute Gasteiger partial charge is 0.384 e. The molecule has 2 saturated heterocycles. The van der Waals surface area contributed by atoms with E-state index in [0.29, 0.717) is 43.1 Å². The highest BCUT2D eigenvalue weighted by Gasteiger charge is 2.42. The van der Waals surface area contributed by atoms with Gasteiger partial charge in [-0.25, -0.2) is 0 Å². The van der Waals surface area contributed by atoms with Crippen molar-refractivity contribution in [2.24, 2.45) is 5.41 Å². The number of piperidine rings is 2. The highest BCUT2D eigenvalue weighted by atomic mass is 35.5. The van der Waals surface area contributed by atoms with Crippen molar-refractivity contribution in [1.29, 1.82) is 0 Å². The fourth-order valence-corrected chi connectivity index (χ4v) is 4.09. The summed E-state index contributed by atoms with van der Waals surface area (Å²) in [6.07, 6.45) is 2.89.